The van der Waals surface area contributed by atoms with E-state index in [4.69, 9.17) is 0 Å². The van der Waals surface area contributed by atoms with Gasteiger partial charge in [-0.15, -0.1) is 0 Å². The van der Waals surface area contributed by atoms with Gasteiger partial charge >= 0.3 is 6.18 Å². The van der Waals surface area contributed by atoms with E-state index in [9.17, 15) is 13.2 Å². The Bertz CT molecular complexity index is 568. The van der Waals surface area contributed by atoms with Gasteiger partial charge < -0.3 is 0 Å². The van der Waals surface area contributed by atoms with E-state index in [1.165, 1.54) is 6.20 Å². The Morgan fingerprint density at radius 2 is 1.79 bits per heavy atom. The number of halogens is 3. The molecule has 2 nitrogen and oxygen atoms in total. The van der Waals surface area contributed by atoms with Crippen molar-refractivity contribution < 1.29 is 13.2 Å². The number of aromatic nitrogens is 2. The molecule has 100 valence electrons. The van der Waals surface area contributed by atoms with Crippen LogP contribution in [0.4, 0.5) is 13.2 Å². The minimum Gasteiger partial charge on any atom is -0.228 e. The average Bonchev–Trinajstić information content (AvgIpc) is 2.72. The number of hydrogen-bond donors (Lipinski definition) is 0. The van der Waals surface area contributed by atoms with Crippen LogP contribution in [0.15, 0.2) is 36.5 Å². The Labute approximate surface area is 108 Å². The third-order valence-corrected chi connectivity index (χ3v) is 3.61. The van der Waals surface area contributed by atoms with Crippen molar-refractivity contribution in [3.63, 3.8) is 0 Å². The SMILES string of the molecule is FC(F)(F)c1c(C2CCC2)cnn1-c1ccccc1. The quantitative estimate of drug-likeness (QED) is 0.798. The molecule has 2 aromatic rings. The maximum Gasteiger partial charge on any atom is 0.433 e. The number of para-hydroxylation sites is 1. The van der Waals surface area contributed by atoms with E-state index in [1.54, 1.807) is 30.3 Å². The van der Waals surface area contributed by atoms with Crippen molar-refractivity contribution in [3.05, 3.63) is 47.8 Å². The molecule has 0 amide bonds. The van der Waals surface area contributed by atoms with E-state index >= 15 is 0 Å². The van der Waals surface area contributed by atoms with Gasteiger partial charge in [0.15, 0.2) is 5.69 Å². The molecule has 3 rings (SSSR count). The second-order valence-corrected chi connectivity index (χ2v) is 4.82. The summed E-state index contributed by atoms with van der Waals surface area (Å²) in [6.45, 7) is 0. The summed E-state index contributed by atoms with van der Waals surface area (Å²) in [5, 5.41) is 3.95. The van der Waals surface area contributed by atoms with Crippen LogP contribution < -0.4 is 0 Å². The number of alkyl halides is 3. The number of nitrogens with zero attached hydrogens (tertiary/aromatic N) is 2. The lowest BCUT2D eigenvalue weighted by molar-refractivity contribution is -0.143. The highest BCUT2D eigenvalue weighted by molar-refractivity contribution is 5.37. The molecule has 5 heteroatoms. The molecule has 1 aliphatic rings. The molecule has 0 N–H and O–H groups in total. The van der Waals surface area contributed by atoms with Gasteiger partial charge in [0, 0.05) is 5.56 Å². The molecule has 1 aliphatic carbocycles. The molecule has 0 aliphatic heterocycles. The van der Waals surface area contributed by atoms with Crippen LogP contribution in [0.3, 0.4) is 0 Å². The monoisotopic (exact) mass is 266 g/mol. The molecular formula is C14H13F3N2. The number of rotatable bonds is 2. The standard InChI is InChI=1S/C14H13F3N2/c15-14(16,17)13-12(10-5-4-6-10)9-18-19(13)11-7-2-1-3-8-11/h1-3,7-10H,4-6H2. The first kappa shape index (κ1) is 12.3. The highest BCUT2D eigenvalue weighted by Crippen LogP contribution is 2.43. The fourth-order valence-electron chi connectivity index (χ4n) is 2.43. The molecule has 1 aromatic carbocycles. The maximum atomic E-state index is 13.3. The highest BCUT2D eigenvalue weighted by Gasteiger charge is 2.41. The number of hydrogen-bond acceptors (Lipinski definition) is 1. The second kappa shape index (κ2) is 4.40. The molecular weight excluding hydrogens is 253 g/mol. The average molecular weight is 266 g/mol. The van der Waals surface area contributed by atoms with Crippen LogP contribution in [0, 0.1) is 0 Å². The summed E-state index contributed by atoms with van der Waals surface area (Å²) in [6.07, 6.45) is -0.359. The first-order valence-corrected chi connectivity index (χ1v) is 6.28. The molecule has 19 heavy (non-hydrogen) atoms. The zero-order chi connectivity index (χ0) is 13.5. The third kappa shape index (κ3) is 2.13. The predicted octanol–water partition coefficient (Wildman–Crippen LogP) is 4.16. The van der Waals surface area contributed by atoms with Gasteiger partial charge in [0.2, 0.25) is 0 Å². The predicted molar refractivity (Wildman–Crippen MR) is 65.2 cm³/mol. The molecule has 1 heterocycles. The van der Waals surface area contributed by atoms with Crippen LogP contribution in [0.2, 0.25) is 0 Å². The van der Waals surface area contributed by atoms with E-state index in [-0.39, 0.29) is 5.92 Å². The normalized spacial score (nSPS) is 16.4. The van der Waals surface area contributed by atoms with Gasteiger partial charge in [-0.25, -0.2) is 4.68 Å². The summed E-state index contributed by atoms with van der Waals surface area (Å²) >= 11 is 0. The largest absolute Gasteiger partial charge is 0.433 e. The van der Waals surface area contributed by atoms with Crippen LogP contribution in [0.5, 0.6) is 0 Å². The van der Waals surface area contributed by atoms with E-state index < -0.39 is 11.9 Å². The Hall–Kier alpha value is -1.78. The molecule has 1 saturated carbocycles. The smallest absolute Gasteiger partial charge is 0.228 e. The van der Waals surface area contributed by atoms with Crippen LogP contribution in [-0.4, -0.2) is 9.78 Å². The summed E-state index contributed by atoms with van der Waals surface area (Å²) < 4.78 is 40.9. The van der Waals surface area contributed by atoms with Gasteiger partial charge in [0.25, 0.3) is 0 Å². The zero-order valence-corrected chi connectivity index (χ0v) is 10.2. The van der Waals surface area contributed by atoms with Crippen LogP contribution >= 0.6 is 0 Å². The maximum absolute atomic E-state index is 13.3. The molecule has 1 fully saturated rings. The van der Waals surface area contributed by atoms with Crippen molar-refractivity contribution >= 4 is 0 Å². The molecule has 0 bridgehead atoms. The van der Waals surface area contributed by atoms with Crippen LogP contribution in [-0.2, 0) is 6.18 Å². The first-order chi connectivity index (χ1) is 9.07. The molecule has 0 saturated heterocycles. The van der Waals surface area contributed by atoms with E-state index in [2.05, 4.69) is 5.10 Å². The lowest BCUT2D eigenvalue weighted by Gasteiger charge is -2.26. The minimum absolute atomic E-state index is 0.00841. The molecule has 0 spiro atoms. The lowest BCUT2D eigenvalue weighted by Crippen LogP contribution is -2.19. The minimum atomic E-state index is -4.38. The van der Waals surface area contributed by atoms with Crippen molar-refractivity contribution in [1.82, 2.24) is 9.78 Å². The summed E-state index contributed by atoms with van der Waals surface area (Å²) in [5.41, 5.74) is 0.159. The molecule has 1 aromatic heterocycles. The number of benzene rings is 1. The summed E-state index contributed by atoms with van der Waals surface area (Å²) in [7, 11) is 0. The molecule has 0 atom stereocenters. The third-order valence-electron chi connectivity index (χ3n) is 3.61. The van der Waals surface area contributed by atoms with Gasteiger partial charge in [-0.1, -0.05) is 24.6 Å². The molecule has 0 radical (unpaired) electrons. The zero-order valence-electron chi connectivity index (χ0n) is 10.2. The topological polar surface area (TPSA) is 17.8 Å². The second-order valence-electron chi connectivity index (χ2n) is 4.82. The molecule has 0 unspecified atom stereocenters. The lowest BCUT2D eigenvalue weighted by atomic mass is 9.80. The van der Waals surface area contributed by atoms with Crippen LogP contribution in [0.1, 0.15) is 36.4 Å². The highest BCUT2D eigenvalue weighted by atomic mass is 19.4. The van der Waals surface area contributed by atoms with Gasteiger partial charge in [0.1, 0.15) is 0 Å². The Balaban J connectivity index is 2.12. The fraction of sp³-hybridized carbons (Fsp3) is 0.357. The van der Waals surface area contributed by atoms with Gasteiger partial charge in [0.05, 0.1) is 11.9 Å². The van der Waals surface area contributed by atoms with Crippen molar-refractivity contribution in [2.45, 2.75) is 31.4 Å². The Morgan fingerprint density at radius 1 is 1.11 bits per heavy atom. The Morgan fingerprint density at radius 3 is 2.32 bits per heavy atom. The fourth-order valence-corrected chi connectivity index (χ4v) is 2.43. The Kier molecular flexibility index (Phi) is 2.84. The van der Waals surface area contributed by atoms with Crippen molar-refractivity contribution in [1.29, 1.82) is 0 Å². The van der Waals surface area contributed by atoms with Crippen molar-refractivity contribution in [2.24, 2.45) is 0 Å². The van der Waals surface area contributed by atoms with E-state index in [0.717, 1.165) is 23.9 Å². The summed E-state index contributed by atoms with van der Waals surface area (Å²) in [6, 6.07) is 8.45. The van der Waals surface area contributed by atoms with Crippen molar-refractivity contribution in [2.75, 3.05) is 0 Å². The first-order valence-electron chi connectivity index (χ1n) is 6.28. The van der Waals surface area contributed by atoms with E-state index in [0.29, 0.717) is 11.3 Å². The van der Waals surface area contributed by atoms with Gasteiger partial charge in [-0.3, -0.25) is 0 Å². The van der Waals surface area contributed by atoms with E-state index in [1.807, 2.05) is 0 Å². The van der Waals surface area contributed by atoms with Gasteiger partial charge in [-0.2, -0.15) is 18.3 Å². The summed E-state index contributed by atoms with van der Waals surface area (Å²) in [5.74, 6) is 0.00841. The van der Waals surface area contributed by atoms with Crippen LogP contribution in [0.25, 0.3) is 5.69 Å². The van der Waals surface area contributed by atoms with Gasteiger partial charge in [-0.05, 0) is 30.9 Å². The van der Waals surface area contributed by atoms with Crippen molar-refractivity contribution in [3.8, 4) is 5.69 Å². The summed E-state index contributed by atoms with van der Waals surface area (Å²) in [4.78, 5) is 0.